The SMILES string of the molecule is C[C@H](CO)NC(=O)c1ccc([N+](=O)[O-])cc1. The summed E-state index contributed by atoms with van der Waals surface area (Å²) >= 11 is 0. The van der Waals surface area contributed by atoms with Gasteiger partial charge in [0.1, 0.15) is 0 Å². The molecule has 0 saturated heterocycles. The van der Waals surface area contributed by atoms with E-state index in [-0.39, 0.29) is 24.2 Å². The first-order chi connectivity index (χ1) is 7.54. The van der Waals surface area contributed by atoms with Crippen LogP contribution in [-0.4, -0.2) is 28.6 Å². The topological polar surface area (TPSA) is 92.5 Å². The summed E-state index contributed by atoms with van der Waals surface area (Å²) < 4.78 is 0. The van der Waals surface area contributed by atoms with E-state index in [1.54, 1.807) is 6.92 Å². The third-order valence-corrected chi connectivity index (χ3v) is 1.99. The minimum absolute atomic E-state index is 0.0632. The normalized spacial score (nSPS) is 11.9. The van der Waals surface area contributed by atoms with Gasteiger partial charge in [-0.25, -0.2) is 0 Å². The van der Waals surface area contributed by atoms with Crippen molar-refractivity contribution in [3.8, 4) is 0 Å². The van der Waals surface area contributed by atoms with Crippen molar-refractivity contribution in [1.82, 2.24) is 5.32 Å². The Morgan fingerprint density at radius 1 is 1.50 bits per heavy atom. The van der Waals surface area contributed by atoms with E-state index in [2.05, 4.69) is 5.32 Å². The van der Waals surface area contributed by atoms with Crippen LogP contribution in [-0.2, 0) is 0 Å². The van der Waals surface area contributed by atoms with Gasteiger partial charge in [-0.2, -0.15) is 0 Å². The molecule has 16 heavy (non-hydrogen) atoms. The van der Waals surface area contributed by atoms with E-state index in [9.17, 15) is 14.9 Å². The molecule has 0 radical (unpaired) electrons. The van der Waals surface area contributed by atoms with Gasteiger partial charge in [0, 0.05) is 23.7 Å². The number of non-ortho nitro benzene ring substituents is 1. The van der Waals surface area contributed by atoms with Crippen molar-refractivity contribution in [3.63, 3.8) is 0 Å². The van der Waals surface area contributed by atoms with E-state index >= 15 is 0 Å². The maximum atomic E-state index is 11.5. The zero-order valence-corrected chi connectivity index (χ0v) is 8.71. The Balaban J connectivity index is 2.74. The molecule has 0 fully saturated rings. The average molecular weight is 224 g/mol. The number of aliphatic hydroxyl groups is 1. The minimum Gasteiger partial charge on any atom is -0.394 e. The number of nitro groups is 1. The van der Waals surface area contributed by atoms with Crippen LogP contribution in [0.15, 0.2) is 24.3 Å². The summed E-state index contributed by atoms with van der Waals surface area (Å²) in [6, 6.07) is 4.93. The molecule has 2 N–H and O–H groups in total. The van der Waals surface area contributed by atoms with Crippen molar-refractivity contribution < 1.29 is 14.8 Å². The molecule has 1 atom stereocenters. The largest absolute Gasteiger partial charge is 0.394 e. The van der Waals surface area contributed by atoms with Crippen LogP contribution < -0.4 is 5.32 Å². The first-order valence-corrected chi connectivity index (χ1v) is 4.70. The van der Waals surface area contributed by atoms with Crippen LogP contribution in [0.1, 0.15) is 17.3 Å². The second-order valence-corrected chi connectivity index (χ2v) is 3.36. The number of nitro benzene ring substituents is 1. The molecule has 0 bridgehead atoms. The highest BCUT2D eigenvalue weighted by Gasteiger charge is 2.10. The van der Waals surface area contributed by atoms with Crippen LogP contribution in [0.25, 0.3) is 0 Å². The quantitative estimate of drug-likeness (QED) is 0.581. The Morgan fingerprint density at radius 3 is 2.50 bits per heavy atom. The lowest BCUT2D eigenvalue weighted by Crippen LogP contribution is -2.34. The standard InChI is InChI=1S/C10H12N2O4/c1-7(6-13)11-10(14)8-2-4-9(5-3-8)12(15)16/h2-5,7,13H,6H2,1H3,(H,11,14)/t7-/m1/s1. The maximum absolute atomic E-state index is 11.5. The lowest BCUT2D eigenvalue weighted by Gasteiger charge is -2.10. The highest BCUT2D eigenvalue weighted by Crippen LogP contribution is 2.11. The van der Waals surface area contributed by atoms with Gasteiger partial charge >= 0.3 is 0 Å². The van der Waals surface area contributed by atoms with Crippen LogP contribution in [0.3, 0.4) is 0 Å². The summed E-state index contributed by atoms with van der Waals surface area (Å²) in [5, 5.41) is 21.7. The summed E-state index contributed by atoms with van der Waals surface area (Å²) in [6.45, 7) is 1.50. The van der Waals surface area contributed by atoms with Gasteiger partial charge in [-0.05, 0) is 19.1 Å². The summed E-state index contributed by atoms with van der Waals surface area (Å²) in [5.74, 6) is -0.364. The minimum atomic E-state index is -0.530. The molecule has 0 aliphatic heterocycles. The van der Waals surface area contributed by atoms with Gasteiger partial charge in [-0.3, -0.25) is 14.9 Å². The Kier molecular flexibility index (Phi) is 3.96. The second kappa shape index (κ2) is 5.22. The first-order valence-electron chi connectivity index (χ1n) is 4.70. The summed E-state index contributed by atoms with van der Waals surface area (Å²) in [5.41, 5.74) is 0.262. The fraction of sp³-hybridized carbons (Fsp3) is 0.300. The fourth-order valence-electron chi connectivity index (χ4n) is 1.09. The van der Waals surface area contributed by atoms with Gasteiger partial charge in [0.05, 0.1) is 11.5 Å². The molecule has 0 saturated carbocycles. The van der Waals surface area contributed by atoms with Crippen LogP contribution in [0.2, 0.25) is 0 Å². The molecule has 1 rings (SSSR count). The zero-order chi connectivity index (χ0) is 12.1. The van der Waals surface area contributed by atoms with Gasteiger partial charge in [-0.15, -0.1) is 0 Å². The molecule has 1 amide bonds. The van der Waals surface area contributed by atoms with E-state index in [1.807, 2.05) is 0 Å². The van der Waals surface area contributed by atoms with Gasteiger partial charge < -0.3 is 10.4 Å². The number of hydrogen-bond donors (Lipinski definition) is 2. The average Bonchev–Trinajstić information content (AvgIpc) is 2.28. The van der Waals surface area contributed by atoms with E-state index < -0.39 is 4.92 Å². The number of carbonyl (C=O) groups is 1. The maximum Gasteiger partial charge on any atom is 0.269 e. The van der Waals surface area contributed by atoms with Gasteiger partial charge in [0.25, 0.3) is 11.6 Å². The first kappa shape index (κ1) is 12.1. The van der Waals surface area contributed by atoms with Crippen LogP contribution in [0.5, 0.6) is 0 Å². The number of nitrogens with zero attached hydrogens (tertiary/aromatic N) is 1. The summed E-state index contributed by atoms with van der Waals surface area (Å²) in [6.07, 6.45) is 0. The van der Waals surface area contributed by atoms with E-state index in [0.717, 1.165) is 0 Å². The lowest BCUT2D eigenvalue weighted by molar-refractivity contribution is -0.384. The number of benzene rings is 1. The molecule has 6 nitrogen and oxygen atoms in total. The van der Waals surface area contributed by atoms with Crippen LogP contribution in [0.4, 0.5) is 5.69 Å². The molecule has 86 valence electrons. The van der Waals surface area contributed by atoms with E-state index in [1.165, 1.54) is 24.3 Å². The second-order valence-electron chi connectivity index (χ2n) is 3.36. The van der Waals surface area contributed by atoms with Crippen molar-refractivity contribution in [2.24, 2.45) is 0 Å². The molecule has 1 aromatic carbocycles. The van der Waals surface area contributed by atoms with Crippen LogP contribution in [0, 0.1) is 10.1 Å². The highest BCUT2D eigenvalue weighted by atomic mass is 16.6. The predicted octanol–water partition coefficient (Wildman–Crippen LogP) is 0.705. The number of nitrogens with one attached hydrogen (secondary N) is 1. The van der Waals surface area contributed by atoms with Gasteiger partial charge in [-0.1, -0.05) is 0 Å². The zero-order valence-electron chi connectivity index (χ0n) is 8.71. The lowest BCUT2D eigenvalue weighted by atomic mass is 10.2. The molecule has 0 spiro atoms. The number of amides is 1. The molecule has 6 heteroatoms. The third-order valence-electron chi connectivity index (χ3n) is 1.99. The fourth-order valence-corrected chi connectivity index (χ4v) is 1.09. The number of aliphatic hydroxyl groups excluding tert-OH is 1. The van der Waals surface area contributed by atoms with Crippen molar-refractivity contribution in [2.75, 3.05) is 6.61 Å². The van der Waals surface area contributed by atoms with Crippen molar-refractivity contribution in [3.05, 3.63) is 39.9 Å². The Hall–Kier alpha value is -1.95. The molecule has 0 aliphatic carbocycles. The Labute approximate surface area is 92.0 Å². The molecule has 0 heterocycles. The number of carbonyl (C=O) groups excluding carboxylic acids is 1. The number of rotatable bonds is 4. The summed E-state index contributed by atoms with van der Waals surface area (Å²) in [7, 11) is 0. The molecule has 1 aromatic rings. The van der Waals surface area contributed by atoms with Gasteiger partial charge in [0.2, 0.25) is 0 Å². The highest BCUT2D eigenvalue weighted by molar-refractivity contribution is 5.94. The van der Waals surface area contributed by atoms with E-state index in [0.29, 0.717) is 5.56 Å². The molecule has 0 aromatic heterocycles. The van der Waals surface area contributed by atoms with Crippen molar-refractivity contribution in [1.29, 1.82) is 0 Å². The number of hydrogen-bond acceptors (Lipinski definition) is 4. The van der Waals surface area contributed by atoms with Crippen molar-refractivity contribution in [2.45, 2.75) is 13.0 Å². The smallest absolute Gasteiger partial charge is 0.269 e. The molecular formula is C10H12N2O4. The molecule has 0 aliphatic rings. The predicted molar refractivity (Wildman–Crippen MR) is 57.1 cm³/mol. The van der Waals surface area contributed by atoms with Crippen molar-refractivity contribution >= 4 is 11.6 Å². The van der Waals surface area contributed by atoms with Crippen LogP contribution >= 0.6 is 0 Å². The monoisotopic (exact) mass is 224 g/mol. The Bertz CT molecular complexity index is 388. The third kappa shape index (κ3) is 3.03. The summed E-state index contributed by atoms with van der Waals surface area (Å²) in [4.78, 5) is 21.4. The Morgan fingerprint density at radius 2 is 2.06 bits per heavy atom. The molecule has 0 unspecified atom stereocenters. The van der Waals surface area contributed by atoms with E-state index in [4.69, 9.17) is 5.11 Å². The van der Waals surface area contributed by atoms with Gasteiger partial charge in [0.15, 0.2) is 0 Å². The molecular weight excluding hydrogens is 212 g/mol.